The Bertz CT molecular complexity index is 1540. The highest BCUT2D eigenvalue weighted by atomic mass is 32.1. The number of benzene rings is 1. The number of hydrogen-bond acceptors (Lipinski definition) is 7. The molecule has 7 rings (SSSR count). The van der Waals surface area contributed by atoms with Crippen molar-refractivity contribution < 1.29 is 4.79 Å². The van der Waals surface area contributed by atoms with Crippen molar-refractivity contribution >= 4 is 49.0 Å². The Morgan fingerprint density at radius 1 is 1.08 bits per heavy atom. The number of fused-ring (bicyclic) bond motifs is 6. The number of para-hydroxylation sites is 1. The zero-order chi connectivity index (χ0) is 24.4. The molecule has 3 aromatic heterocycles. The number of rotatable bonds is 3. The van der Waals surface area contributed by atoms with Crippen molar-refractivity contribution in [2.45, 2.75) is 18.9 Å². The molecular formula is C27H30N6O2S. The molecule has 0 bridgehead atoms. The van der Waals surface area contributed by atoms with Gasteiger partial charge < -0.3 is 20.4 Å². The summed E-state index contributed by atoms with van der Waals surface area (Å²) in [5.41, 5.74) is 1.83. The second kappa shape index (κ2) is 8.54. The zero-order valence-electron chi connectivity index (χ0n) is 20.4. The quantitative estimate of drug-likeness (QED) is 0.448. The van der Waals surface area contributed by atoms with E-state index in [-0.39, 0.29) is 22.9 Å². The summed E-state index contributed by atoms with van der Waals surface area (Å²) in [6, 6.07) is 10.3. The van der Waals surface area contributed by atoms with Gasteiger partial charge in [-0.2, -0.15) is 0 Å². The predicted octanol–water partition coefficient (Wildman–Crippen LogP) is 2.54. The van der Waals surface area contributed by atoms with Gasteiger partial charge in [-0.05, 0) is 56.9 Å². The molecule has 3 aliphatic rings. The summed E-state index contributed by atoms with van der Waals surface area (Å²) in [4.78, 5) is 37.5. The Balaban J connectivity index is 1.37. The van der Waals surface area contributed by atoms with Crippen LogP contribution in [-0.2, 0) is 0 Å². The van der Waals surface area contributed by atoms with E-state index >= 15 is 0 Å². The molecule has 2 unspecified atom stereocenters. The van der Waals surface area contributed by atoms with Gasteiger partial charge in [0.15, 0.2) is 0 Å². The molecule has 2 N–H and O–H groups in total. The third-order valence-electron chi connectivity index (χ3n) is 8.20. The third-order valence-corrected chi connectivity index (χ3v) is 9.35. The van der Waals surface area contributed by atoms with Gasteiger partial charge in [0.1, 0.15) is 16.2 Å². The molecule has 36 heavy (non-hydrogen) atoms. The van der Waals surface area contributed by atoms with E-state index in [0.717, 1.165) is 73.7 Å². The molecule has 9 heteroatoms. The third kappa shape index (κ3) is 3.52. The first-order valence-corrected chi connectivity index (χ1v) is 13.7. The van der Waals surface area contributed by atoms with E-state index in [1.807, 2.05) is 12.1 Å². The van der Waals surface area contributed by atoms with Gasteiger partial charge in [-0.15, -0.1) is 11.3 Å². The molecule has 3 saturated heterocycles. The SMILES string of the molecule is CN1CC2CN(c3cc4c(cn3)c(=O)c(C(=O)NC3CCNCC3)c3sc5ccccc5n34)CC2C1. The Labute approximate surface area is 212 Å². The standard InChI is InChI=1S/C27H30N6O2S/c1-31-12-16-14-32(15-17(16)13-31)23-10-21-19(11-29-23)25(34)24(26(35)30-18-6-8-28-9-7-18)27-33(21)20-4-2-3-5-22(20)36-27/h2-5,10-11,16-18,28H,6-9,12-15H2,1H3,(H,30,35). The fourth-order valence-corrected chi connectivity index (χ4v) is 7.62. The summed E-state index contributed by atoms with van der Waals surface area (Å²) in [5.74, 6) is 1.96. The maximum absolute atomic E-state index is 13.8. The summed E-state index contributed by atoms with van der Waals surface area (Å²) in [6.45, 7) is 5.99. The minimum absolute atomic E-state index is 0.0810. The summed E-state index contributed by atoms with van der Waals surface area (Å²) in [6.07, 6.45) is 3.43. The number of piperidine rings is 1. The van der Waals surface area contributed by atoms with Crippen molar-refractivity contribution in [3.05, 3.63) is 52.3 Å². The molecule has 1 aromatic carbocycles. The van der Waals surface area contributed by atoms with Crippen LogP contribution < -0.4 is 21.0 Å². The van der Waals surface area contributed by atoms with Crippen LogP contribution in [0.15, 0.2) is 41.3 Å². The highest BCUT2D eigenvalue weighted by molar-refractivity contribution is 7.24. The van der Waals surface area contributed by atoms with Crippen LogP contribution in [-0.4, -0.2) is 72.5 Å². The van der Waals surface area contributed by atoms with Crippen LogP contribution in [0.1, 0.15) is 23.2 Å². The molecule has 4 aromatic rings. The summed E-state index contributed by atoms with van der Waals surface area (Å²) < 4.78 is 3.15. The molecule has 8 nitrogen and oxygen atoms in total. The molecule has 3 fully saturated rings. The lowest BCUT2D eigenvalue weighted by Gasteiger charge is -2.24. The van der Waals surface area contributed by atoms with E-state index in [1.54, 1.807) is 6.20 Å². The number of nitrogens with zero attached hydrogens (tertiary/aromatic N) is 4. The fourth-order valence-electron chi connectivity index (χ4n) is 6.43. The van der Waals surface area contributed by atoms with Gasteiger partial charge in [-0.1, -0.05) is 12.1 Å². The number of carbonyl (C=O) groups excluding carboxylic acids is 1. The van der Waals surface area contributed by atoms with E-state index in [9.17, 15) is 9.59 Å². The molecule has 0 aliphatic carbocycles. The van der Waals surface area contributed by atoms with Crippen molar-refractivity contribution in [2.75, 3.05) is 51.2 Å². The first-order chi connectivity index (χ1) is 17.6. The van der Waals surface area contributed by atoms with Gasteiger partial charge in [0, 0.05) is 44.5 Å². The predicted molar refractivity (Wildman–Crippen MR) is 144 cm³/mol. The van der Waals surface area contributed by atoms with Crippen LogP contribution in [0.5, 0.6) is 0 Å². The van der Waals surface area contributed by atoms with E-state index in [2.05, 4.69) is 50.1 Å². The van der Waals surface area contributed by atoms with Gasteiger partial charge in [0.05, 0.1) is 21.1 Å². The summed E-state index contributed by atoms with van der Waals surface area (Å²) in [5, 5.41) is 6.96. The molecule has 0 saturated carbocycles. The van der Waals surface area contributed by atoms with Crippen LogP contribution in [0.3, 0.4) is 0 Å². The molecule has 3 aliphatic heterocycles. The van der Waals surface area contributed by atoms with Crippen LogP contribution in [0.25, 0.3) is 25.9 Å². The van der Waals surface area contributed by atoms with Crippen LogP contribution in [0.4, 0.5) is 5.82 Å². The minimum Gasteiger partial charge on any atom is -0.356 e. The number of thiazole rings is 1. The first kappa shape index (κ1) is 22.2. The largest absolute Gasteiger partial charge is 0.356 e. The number of likely N-dealkylation sites (tertiary alicyclic amines) is 1. The second-order valence-corrected chi connectivity index (χ2v) is 11.6. The monoisotopic (exact) mass is 502 g/mol. The van der Waals surface area contributed by atoms with Gasteiger partial charge >= 0.3 is 0 Å². The van der Waals surface area contributed by atoms with Gasteiger partial charge in [0.25, 0.3) is 5.91 Å². The smallest absolute Gasteiger partial charge is 0.258 e. The highest BCUT2D eigenvalue weighted by Gasteiger charge is 2.39. The number of amides is 1. The molecule has 0 spiro atoms. The van der Waals surface area contributed by atoms with Crippen LogP contribution in [0.2, 0.25) is 0 Å². The number of carbonyl (C=O) groups is 1. The van der Waals surface area contributed by atoms with Crippen molar-refractivity contribution in [1.29, 1.82) is 0 Å². The fraction of sp³-hybridized carbons (Fsp3) is 0.444. The first-order valence-electron chi connectivity index (χ1n) is 12.9. The van der Waals surface area contributed by atoms with E-state index < -0.39 is 0 Å². The zero-order valence-corrected chi connectivity index (χ0v) is 21.2. The average Bonchev–Trinajstić information content (AvgIpc) is 3.55. The highest BCUT2D eigenvalue weighted by Crippen LogP contribution is 2.35. The average molecular weight is 503 g/mol. The minimum atomic E-state index is -0.279. The molecule has 1 amide bonds. The Morgan fingerprint density at radius 2 is 1.83 bits per heavy atom. The number of aromatic nitrogens is 2. The molecule has 0 radical (unpaired) electrons. The Hall–Kier alpha value is -3.01. The van der Waals surface area contributed by atoms with E-state index in [4.69, 9.17) is 4.98 Å². The van der Waals surface area contributed by atoms with E-state index in [0.29, 0.717) is 22.1 Å². The lowest BCUT2D eigenvalue weighted by molar-refractivity contribution is 0.0930. The molecule has 186 valence electrons. The van der Waals surface area contributed by atoms with Crippen LogP contribution >= 0.6 is 11.3 Å². The maximum atomic E-state index is 13.8. The number of hydrogen-bond donors (Lipinski definition) is 2. The van der Waals surface area contributed by atoms with Crippen LogP contribution in [0, 0.1) is 11.8 Å². The van der Waals surface area contributed by atoms with Gasteiger partial charge in [-0.3, -0.25) is 14.0 Å². The second-order valence-electron chi connectivity index (χ2n) is 10.6. The molecule has 6 heterocycles. The number of anilines is 1. The maximum Gasteiger partial charge on any atom is 0.258 e. The summed E-state index contributed by atoms with van der Waals surface area (Å²) >= 11 is 1.51. The lowest BCUT2D eigenvalue weighted by atomic mass is 10.0. The molecular weight excluding hydrogens is 472 g/mol. The number of pyridine rings is 2. The van der Waals surface area contributed by atoms with E-state index in [1.165, 1.54) is 11.3 Å². The number of nitrogens with one attached hydrogen (secondary N) is 2. The van der Waals surface area contributed by atoms with Gasteiger partial charge in [0.2, 0.25) is 5.43 Å². The molecule has 2 atom stereocenters. The van der Waals surface area contributed by atoms with Crippen molar-refractivity contribution in [3.8, 4) is 0 Å². The Kier molecular flexibility index (Phi) is 5.27. The lowest BCUT2D eigenvalue weighted by Crippen LogP contribution is -2.44. The van der Waals surface area contributed by atoms with Gasteiger partial charge in [-0.25, -0.2) is 4.98 Å². The topological polar surface area (TPSA) is 82.0 Å². The van der Waals surface area contributed by atoms with Crippen molar-refractivity contribution in [2.24, 2.45) is 11.8 Å². The summed E-state index contributed by atoms with van der Waals surface area (Å²) in [7, 11) is 2.20. The van der Waals surface area contributed by atoms with Crippen molar-refractivity contribution in [3.63, 3.8) is 0 Å². The van der Waals surface area contributed by atoms with Crippen molar-refractivity contribution in [1.82, 2.24) is 24.9 Å². The normalized spacial score (nSPS) is 23.2. The Morgan fingerprint density at radius 3 is 2.61 bits per heavy atom.